The van der Waals surface area contributed by atoms with Gasteiger partial charge >= 0.3 is 0 Å². The van der Waals surface area contributed by atoms with Gasteiger partial charge in [0.15, 0.2) is 0 Å². The monoisotopic (exact) mass is 249 g/mol. The molecule has 0 unspecified atom stereocenters. The van der Waals surface area contributed by atoms with E-state index in [-0.39, 0.29) is 11.9 Å². The van der Waals surface area contributed by atoms with Crippen LogP contribution < -0.4 is 0 Å². The third-order valence-corrected chi connectivity index (χ3v) is 3.85. The van der Waals surface area contributed by atoms with Crippen LogP contribution >= 0.6 is 0 Å². The van der Waals surface area contributed by atoms with E-state index < -0.39 is 0 Å². The van der Waals surface area contributed by atoms with E-state index in [0.717, 1.165) is 18.5 Å². The number of carbonyl (C=O) groups excluding carboxylic acids is 2. The highest BCUT2D eigenvalue weighted by Crippen LogP contribution is 2.21. The van der Waals surface area contributed by atoms with Gasteiger partial charge in [0, 0.05) is 38.7 Å². The average Bonchev–Trinajstić information content (AvgIpc) is 2.69. The second-order valence-corrected chi connectivity index (χ2v) is 4.95. The summed E-state index contributed by atoms with van der Waals surface area (Å²) in [7, 11) is 3.64. The van der Waals surface area contributed by atoms with Crippen molar-refractivity contribution in [1.29, 1.82) is 0 Å². The first kappa shape index (κ1) is 12.8. The van der Waals surface area contributed by atoms with Gasteiger partial charge in [-0.15, -0.1) is 0 Å². The Balaban J connectivity index is 2.09. The predicted octanol–water partition coefficient (Wildman–Crippen LogP) is 1.31. The first-order valence-electron chi connectivity index (χ1n) is 6.28. The van der Waals surface area contributed by atoms with Crippen molar-refractivity contribution in [2.24, 2.45) is 7.05 Å². The molecule has 1 fully saturated rings. The summed E-state index contributed by atoms with van der Waals surface area (Å²) in [5, 5.41) is 4.09. The van der Waals surface area contributed by atoms with E-state index in [2.05, 4.69) is 5.10 Å². The van der Waals surface area contributed by atoms with Crippen LogP contribution in [0.3, 0.4) is 0 Å². The number of aromatic nitrogens is 2. The first-order valence-corrected chi connectivity index (χ1v) is 6.28. The number of hydrogen-bond acceptors (Lipinski definition) is 3. The maximum Gasteiger partial charge on any atom is 0.257 e. The van der Waals surface area contributed by atoms with Crippen LogP contribution in [-0.2, 0) is 11.8 Å². The van der Waals surface area contributed by atoms with Crippen molar-refractivity contribution < 1.29 is 9.59 Å². The normalized spacial score (nSPS) is 16.9. The molecule has 5 heteroatoms. The number of hydrogen-bond donors (Lipinski definition) is 0. The zero-order valence-electron chi connectivity index (χ0n) is 11.1. The number of nitrogens with zero attached hydrogens (tertiary/aromatic N) is 3. The fraction of sp³-hybridized carbons (Fsp3) is 0.615. The molecule has 1 aromatic heterocycles. The lowest BCUT2D eigenvalue weighted by Crippen LogP contribution is -2.39. The van der Waals surface area contributed by atoms with Gasteiger partial charge in [-0.3, -0.25) is 14.3 Å². The molecule has 1 aromatic rings. The van der Waals surface area contributed by atoms with Crippen molar-refractivity contribution in [1.82, 2.24) is 14.7 Å². The van der Waals surface area contributed by atoms with E-state index in [1.807, 2.05) is 21.0 Å². The number of amides is 1. The second-order valence-electron chi connectivity index (χ2n) is 4.95. The zero-order chi connectivity index (χ0) is 13.3. The molecular weight excluding hydrogens is 230 g/mol. The van der Waals surface area contributed by atoms with Gasteiger partial charge in [-0.2, -0.15) is 5.10 Å². The zero-order valence-corrected chi connectivity index (χ0v) is 11.1. The highest BCUT2D eigenvalue weighted by molar-refractivity contribution is 5.95. The van der Waals surface area contributed by atoms with E-state index in [1.54, 1.807) is 15.8 Å². The quantitative estimate of drug-likeness (QED) is 0.794. The molecule has 2 rings (SSSR count). The first-order chi connectivity index (χ1) is 8.50. The molecule has 0 N–H and O–H groups in total. The summed E-state index contributed by atoms with van der Waals surface area (Å²) < 4.78 is 1.70. The minimum atomic E-state index is -0.0000472. The van der Waals surface area contributed by atoms with Crippen molar-refractivity contribution in [3.8, 4) is 0 Å². The van der Waals surface area contributed by atoms with Gasteiger partial charge in [0.05, 0.1) is 11.8 Å². The third-order valence-electron chi connectivity index (χ3n) is 3.85. The Morgan fingerprint density at radius 2 is 2.06 bits per heavy atom. The standard InChI is InChI=1S/C13H19N3O2/c1-9-12(8-14-16(9)3)13(18)15(2)10-4-6-11(17)7-5-10/h8,10H,4-7H2,1-3H3. The van der Waals surface area contributed by atoms with Crippen LogP contribution in [0.5, 0.6) is 0 Å². The molecule has 0 bridgehead atoms. The number of aryl methyl sites for hydroxylation is 1. The number of Topliss-reactive ketones (excluding diaryl/α,β-unsaturated/α-hetero) is 1. The highest BCUT2D eigenvalue weighted by Gasteiger charge is 2.27. The molecule has 98 valence electrons. The minimum absolute atomic E-state index is 0.0000472. The minimum Gasteiger partial charge on any atom is -0.339 e. The van der Waals surface area contributed by atoms with Gasteiger partial charge in [-0.1, -0.05) is 0 Å². The molecular formula is C13H19N3O2. The largest absolute Gasteiger partial charge is 0.339 e. The van der Waals surface area contributed by atoms with Gasteiger partial charge in [0.2, 0.25) is 0 Å². The van der Waals surface area contributed by atoms with Crippen LogP contribution in [0.25, 0.3) is 0 Å². The van der Waals surface area contributed by atoms with Crippen molar-refractivity contribution in [3.05, 3.63) is 17.5 Å². The van der Waals surface area contributed by atoms with Crippen LogP contribution in [0.2, 0.25) is 0 Å². The Labute approximate surface area is 107 Å². The van der Waals surface area contributed by atoms with Crippen molar-refractivity contribution >= 4 is 11.7 Å². The summed E-state index contributed by atoms with van der Waals surface area (Å²) in [4.78, 5) is 25.3. The molecule has 0 aliphatic heterocycles. The van der Waals surface area contributed by atoms with Crippen molar-refractivity contribution in [2.45, 2.75) is 38.6 Å². The van der Waals surface area contributed by atoms with E-state index >= 15 is 0 Å². The van der Waals surface area contributed by atoms with Gasteiger partial charge in [-0.05, 0) is 19.8 Å². The number of rotatable bonds is 2. The number of carbonyl (C=O) groups is 2. The summed E-state index contributed by atoms with van der Waals surface area (Å²) in [5.41, 5.74) is 1.52. The average molecular weight is 249 g/mol. The third kappa shape index (κ3) is 2.30. The fourth-order valence-electron chi connectivity index (χ4n) is 2.38. The molecule has 0 spiro atoms. The second kappa shape index (κ2) is 4.92. The molecule has 0 atom stereocenters. The Bertz CT molecular complexity index is 469. The fourth-order valence-corrected chi connectivity index (χ4v) is 2.38. The summed E-state index contributed by atoms with van der Waals surface area (Å²) in [6, 6.07) is 0.176. The molecule has 1 aliphatic rings. The van der Waals surface area contributed by atoms with Crippen molar-refractivity contribution in [3.63, 3.8) is 0 Å². The summed E-state index contributed by atoms with van der Waals surface area (Å²) in [6.07, 6.45) is 4.35. The molecule has 0 saturated heterocycles. The molecule has 1 heterocycles. The molecule has 1 saturated carbocycles. The van der Waals surface area contributed by atoms with Crippen LogP contribution in [0.4, 0.5) is 0 Å². The van der Waals surface area contributed by atoms with Crippen LogP contribution in [0, 0.1) is 6.92 Å². The van der Waals surface area contributed by atoms with Gasteiger partial charge in [-0.25, -0.2) is 0 Å². The maximum absolute atomic E-state index is 12.3. The summed E-state index contributed by atoms with van der Waals surface area (Å²) in [6.45, 7) is 1.89. The topological polar surface area (TPSA) is 55.2 Å². The van der Waals surface area contributed by atoms with E-state index in [0.29, 0.717) is 24.2 Å². The van der Waals surface area contributed by atoms with Crippen LogP contribution in [0.15, 0.2) is 6.20 Å². The van der Waals surface area contributed by atoms with E-state index in [9.17, 15) is 9.59 Å². The Morgan fingerprint density at radius 1 is 1.44 bits per heavy atom. The van der Waals surface area contributed by atoms with Crippen LogP contribution in [-0.4, -0.2) is 39.5 Å². The predicted molar refractivity (Wildman–Crippen MR) is 67.3 cm³/mol. The smallest absolute Gasteiger partial charge is 0.257 e. The lowest BCUT2D eigenvalue weighted by Gasteiger charge is -2.30. The van der Waals surface area contributed by atoms with Crippen LogP contribution in [0.1, 0.15) is 41.7 Å². The highest BCUT2D eigenvalue weighted by atomic mass is 16.2. The Kier molecular flexibility index (Phi) is 3.50. The van der Waals surface area contributed by atoms with Gasteiger partial charge in [0.25, 0.3) is 5.91 Å². The lowest BCUT2D eigenvalue weighted by molar-refractivity contribution is -0.121. The van der Waals surface area contributed by atoms with E-state index in [1.165, 1.54) is 0 Å². The maximum atomic E-state index is 12.3. The molecule has 0 radical (unpaired) electrons. The van der Waals surface area contributed by atoms with Gasteiger partial charge in [0.1, 0.15) is 5.78 Å². The molecule has 1 amide bonds. The SMILES string of the molecule is Cc1c(C(=O)N(C)C2CCC(=O)CC2)cnn1C. The van der Waals surface area contributed by atoms with E-state index in [4.69, 9.17) is 0 Å². The summed E-state index contributed by atoms with van der Waals surface area (Å²) in [5.74, 6) is 0.310. The Hall–Kier alpha value is -1.65. The van der Waals surface area contributed by atoms with Gasteiger partial charge < -0.3 is 4.90 Å². The summed E-state index contributed by atoms with van der Waals surface area (Å²) >= 11 is 0. The molecule has 1 aliphatic carbocycles. The molecule has 5 nitrogen and oxygen atoms in total. The molecule has 0 aromatic carbocycles. The lowest BCUT2D eigenvalue weighted by atomic mass is 9.93. The Morgan fingerprint density at radius 3 is 2.56 bits per heavy atom. The number of ketones is 1. The molecule has 18 heavy (non-hydrogen) atoms. The van der Waals surface area contributed by atoms with Crippen molar-refractivity contribution in [2.75, 3.05) is 7.05 Å².